The first-order valence-electron chi connectivity index (χ1n) is 13.0. The third-order valence-corrected chi connectivity index (χ3v) is 6.87. The van der Waals surface area contributed by atoms with Crippen molar-refractivity contribution >= 4 is 28.9 Å². The lowest BCUT2D eigenvalue weighted by Crippen LogP contribution is -2.48. The van der Waals surface area contributed by atoms with Crippen LogP contribution in [0.25, 0.3) is 11.3 Å². The molecule has 8 nitrogen and oxygen atoms in total. The number of carbonyl (C=O) groups is 1. The highest BCUT2D eigenvalue weighted by Crippen LogP contribution is 2.25. The molecule has 5 rings (SSSR count). The topological polar surface area (TPSA) is 86.3 Å². The number of piperazine rings is 1. The van der Waals surface area contributed by atoms with E-state index in [4.69, 9.17) is 0 Å². The van der Waals surface area contributed by atoms with Gasteiger partial charge >= 0.3 is 0 Å². The van der Waals surface area contributed by atoms with Crippen molar-refractivity contribution in [2.75, 3.05) is 41.7 Å². The van der Waals surface area contributed by atoms with Gasteiger partial charge in [0.05, 0.1) is 5.69 Å². The Morgan fingerprint density at radius 3 is 2.55 bits per heavy atom. The number of hydrogen-bond donors (Lipinski definition) is 2. The summed E-state index contributed by atoms with van der Waals surface area (Å²) >= 11 is 0. The number of amides is 1. The Labute approximate surface area is 223 Å². The summed E-state index contributed by atoms with van der Waals surface area (Å²) in [7, 11) is 0. The first kappa shape index (κ1) is 25.4. The van der Waals surface area contributed by atoms with Crippen LogP contribution in [0.2, 0.25) is 0 Å². The summed E-state index contributed by atoms with van der Waals surface area (Å²) in [6, 6.07) is 19.9. The third kappa shape index (κ3) is 5.98. The zero-order chi connectivity index (χ0) is 26.5. The standard InChI is InChI=1S/C30H33N7O/c1-21(2)36-14-16-37(17-15-36)26-8-4-6-23(18-26)29(38)33-25-10-9-22(3)28(19-25)35-30-32-13-11-27(34-30)24-7-5-12-31-20-24/h4-13,18-21H,14-17H2,1-3H3,(H,33,38)(H,32,34,35). The van der Waals surface area contributed by atoms with Gasteiger partial charge in [0.2, 0.25) is 5.95 Å². The van der Waals surface area contributed by atoms with Crippen molar-refractivity contribution < 1.29 is 4.79 Å². The molecule has 3 heterocycles. The SMILES string of the molecule is Cc1ccc(NC(=O)c2cccc(N3CCN(C(C)C)CC3)c2)cc1Nc1nccc(-c2cccnc2)n1. The van der Waals surface area contributed by atoms with Crippen molar-refractivity contribution in [3.8, 4) is 11.3 Å². The number of anilines is 4. The molecule has 0 saturated carbocycles. The molecule has 194 valence electrons. The molecule has 2 N–H and O–H groups in total. The molecule has 2 aromatic heterocycles. The number of rotatable bonds is 7. The smallest absolute Gasteiger partial charge is 0.255 e. The summed E-state index contributed by atoms with van der Waals surface area (Å²) in [5, 5.41) is 6.34. The monoisotopic (exact) mass is 507 g/mol. The van der Waals surface area contributed by atoms with Crippen molar-refractivity contribution in [1.29, 1.82) is 0 Å². The van der Waals surface area contributed by atoms with Crippen molar-refractivity contribution in [3.63, 3.8) is 0 Å². The third-order valence-electron chi connectivity index (χ3n) is 6.87. The van der Waals surface area contributed by atoms with Crippen LogP contribution in [-0.4, -0.2) is 58.0 Å². The van der Waals surface area contributed by atoms with Gasteiger partial charge in [-0.25, -0.2) is 9.97 Å². The highest BCUT2D eigenvalue weighted by molar-refractivity contribution is 6.05. The zero-order valence-electron chi connectivity index (χ0n) is 22.1. The summed E-state index contributed by atoms with van der Waals surface area (Å²) in [4.78, 5) is 31.2. The van der Waals surface area contributed by atoms with E-state index in [9.17, 15) is 4.79 Å². The van der Waals surface area contributed by atoms with Crippen molar-refractivity contribution in [2.45, 2.75) is 26.8 Å². The Morgan fingerprint density at radius 1 is 0.947 bits per heavy atom. The van der Waals surface area contributed by atoms with Gasteiger partial charge in [0.15, 0.2) is 0 Å². The Hall–Kier alpha value is -4.30. The fourth-order valence-corrected chi connectivity index (χ4v) is 4.59. The van der Waals surface area contributed by atoms with E-state index in [-0.39, 0.29) is 5.91 Å². The largest absolute Gasteiger partial charge is 0.369 e. The molecule has 1 fully saturated rings. The van der Waals surface area contributed by atoms with Crippen LogP contribution in [0.3, 0.4) is 0 Å². The van der Waals surface area contributed by atoms with Gasteiger partial charge in [0.25, 0.3) is 5.91 Å². The average Bonchev–Trinajstić information content (AvgIpc) is 2.95. The second-order valence-electron chi connectivity index (χ2n) is 9.78. The minimum atomic E-state index is -0.141. The number of pyridine rings is 1. The van der Waals surface area contributed by atoms with Crippen LogP contribution < -0.4 is 15.5 Å². The zero-order valence-corrected chi connectivity index (χ0v) is 22.1. The Morgan fingerprint density at radius 2 is 1.79 bits per heavy atom. The van der Waals surface area contributed by atoms with Crippen LogP contribution >= 0.6 is 0 Å². The Kier molecular flexibility index (Phi) is 7.60. The van der Waals surface area contributed by atoms with Gasteiger partial charge in [0.1, 0.15) is 0 Å². The first-order valence-corrected chi connectivity index (χ1v) is 13.0. The molecule has 0 spiro atoms. The van der Waals surface area contributed by atoms with Crippen LogP contribution in [0.5, 0.6) is 0 Å². The summed E-state index contributed by atoms with van der Waals surface area (Å²) < 4.78 is 0. The summed E-state index contributed by atoms with van der Waals surface area (Å²) in [6.07, 6.45) is 5.22. The average molecular weight is 508 g/mol. The number of aryl methyl sites for hydroxylation is 1. The van der Waals surface area contributed by atoms with E-state index < -0.39 is 0 Å². The lowest BCUT2D eigenvalue weighted by Gasteiger charge is -2.38. The lowest BCUT2D eigenvalue weighted by atomic mass is 10.1. The number of nitrogens with zero attached hydrogens (tertiary/aromatic N) is 5. The molecule has 0 unspecified atom stereocenters. The number of carbonyl (C=O) groups excluding carboxylic acids is 1. The maximum Gasteiger partial charge on any atom is 0.255 e. The van der Waals surface area contributed by atoms with E-state index in [1.54, 1.807) is 18.6 Å². The summed E-state index contributed by atoms with van der Waals surface area (Å²) in [5.74, 6) is 0.334. The van der Waals surface area contributed by atoms with Crippen LogP contribution in [0.15, 0.2) is 79.3 Å². The van der Waals surface area contributed by atoms with E-state index in [0.29, 0.717) is 23.2 Å². The Bertz CT molecular complexity index is 1400. The quantitative estimate of drug-likeness (QED) is 0.348. The van der Waals surface area contributed by atoms with E-state index in [1.165, 1.54) is 0 Å². The second kappa shape index (κ2) is 11.4. The fourth-order valence-electron chi connectivity index (χ4n) is 4.59. The van der Waals surface area contributed by atoms with E-state index in [1.807, 2.05) is 61.5 Å². The number of aromatic nitrogens is 3. The molecule has 38 heavy (non-hydrogen) atoms. The van der Waals surface area contributed by atoms with Gasteiger partial charge in [-0.05, 0) is 74.9 Å². The lowest BCUT2D eigenvalue weighted by molar-refractivity contribution is 0.102. The fraction of sp³-hybridized carbons (Fsp3) is 0.267. The molecule has 0 aliphatic carbocycles. The highest BCUT2D eigenvalue weighted by Gasteiger charge is 2.20. The van der Waals surface area contributed by atoms with E-state index in [0.717, 1.165) is 54.4 Å². The highest BCUT2D eigenvalue weighted by atomic mass is 16.1. The minimum Gasteiger partial charge on any atom is -0.369 e. The van der Waals surface area contributed by atoms with E-state index in [2.05, 4.69) is 55.3 Å². The number of benzene rings is 2. The van der Waals surface area contributed by atoms with Crippen LogP contribution in [0.4, 0.5) is 23.0 Å². The van der Waals surface area contributed by atoms with Crippen LogP contribution in [0.1, 0.15) is 29.8 Å². The molecule has 8 heteroatoms. The molecule has 1 saturated heterocycles. The maximum absolute atomic E-state index is 13.2. The predicted molar refractivity (Wildman–Crippen MR) is 153 cm³/mol. The molecule has 2 aromatic carbocycles. The summed E-state index contributed by atoms with van der Waals surface area (Å²) in [5.41, 5.74) is 5.95. The van der Waals surface area contributed by atoms with Gasteiger partial charge in [-0.15, -0.1) is 0 Å². The first-order chi connectivity index (χ1) is 18.5. The number of nitrogens with one attached hydrogen (secondary N) is 2. The number of hydrogen-bond acceptors (Lipinski definition) is 7. The Balaban J connectivity index is 1.28. The molecule has 0 bridgehead atoms. The van der Waals surface area contributed by atoms with Crippen molar-refractivity contribution in [3.05, 3.63) is 90.4 Å². The maximum atomic E-state index is 13.2. The molecule has 1 aliphatic rings. The van der Waals surface area contributed by atoms with Crippen molar-refractivity contribution in [1.82, 2.24) is 19.9 Å². The molecule has 4 aromatic rings. The van der Waals surface area contributed by atoms with Crippen LogP contribution in [0, 0.1) is 6.92 Å². The minimum absolute atomic E-state index is 0.141. The predicted octanol–water partition coefficient (Wildman–Crippen LogP) is 5.37. The van der Waals surface area contributed by atoms with Crippen molar-refractivity contribution in [2.24, 2.45) is 0 Å². The molecular weight excluding hydrogens is 474 g/mol. The van der Waals surface area contributed by atoms with Gasteiger partial charge in [-0.1, -0.05) is 12.1 Å². The molecule has 0 radical (unpaired) electrons. The second-order valence-corrected chi connectivity index (χ2v) is 9.78. The van der Waals surface area contributed by atoms with Gasteiger partial charge in [0, 0.05) is 79.0 Å². The molecule has 0 atom stereocenters. The van der Waals surface area contributed by atoms with Gasteiger partial charge < -0.3 is 15.5 Å². The molecule has 1 amide bonds. The molecular formula is C30H33N7O. The normalized spacial score (nSPS) is 13.9. The van der Waals surface area contributed by atoms with Gasteiger partial charge in [-0.2, -0.15) is 0 Å². The molecule has 1 aliphatic heterocycles. The van der Waals surface area contributed by atoms with E-state index >= 15 is 0 Å². The summed E-state index contributed by atoms with van der Waals surface area (Å²) in [6.45, 7) is 10.4. The van der Waals surface area contributed by atoms with Crippen LogP contribution in [-0.2, 0) is 0 Å². The van der Waals surface area contributed by atoms with Gasteiger partial charge in [-0.3, -0.25) is 14.7 Å².